The zero-order valence-electron chi connectivity index (χ0n) is 5.47. The Hall–Kier alpha value is 1.56. The SMILES string of the molecule is CC(O)N(C)C.[K]. The molecule has 3 heteroatoms. The van der Waals surface area contributed by atoms with Gasteiger partial charge in [-0.05, 0) is 21.0 Å². The Morgan fingerprint density at radius 3 is 1.57 bits per heavy atom. The zero-order valence-corrected chi connectivity index (χ0v) is 8.59. The van der Waals surface area contributed by atoms with Crippen molar-refractivity contribution in [2.75, 3.05) is 14.1 Å². The number of aliphatic hydroxyl groups excluding tert-OH is 1. The van der Waals surface area contributed by atoms with Gasteiger partial charge in [0, 0.05) is 51.4 Å². The third-order valence-corrected chi connectivity index (χ3v) is 0.747. The molecule has 0 aromatic heterocycles. The van der Waals surface area contributed by atoms with Crippen LogP contribution in [-0.4, -0.2) is 81.7 Å². The van der Waals surface area contributed by atoms with Gasteiger partial charge >= 0.3 is 0 Å². The van der Waals surface area contributed by atoms with Crippen LogP contribution in [-0.2, 0) is 0 Å². The largest absolute Gasteiger partial charge is 0.379 e. The molecule has 0 aliphatic rings. The number of aliphatic hydroxyl groups is 1. The fourth-order valence-electron chi connectivity index (χ4n) is 0. The van der Waals surface area contributed by atoms with E-state index in [1.165, 1.54) is 0 Å². The van der Waals surface area contributed by atoms with Crippen molar-refractivity contribution in [2.45, 2.75) is 13.2 Å². The van der Waals surface area contributed by atoms with Crippen LogP contribution in [0.2, 0.25) is 0 Å². The Kier molecular flexibility index (Phi) is 9.24. The minimum Gasteiger partial charge on any atom is -0.379 e. The molecule has 39 valence electrons. The summed E-state index contributed by atoms with van der Waals surface area (Å²) in [7, 11) is 3.65. The maximum Gasteiger partial charge on any atom is 0.104 e. The Morgan fingerprint density at radius 1 is 1.43 bits per heavy atom. The molecule has 1 radical (unpaired) electrons. The van der Waals surface area contributed by atoms with Crippen molar-refractivity contribution in [1.29, 1.82) is 0 Å². The maximum atomic E-state index is 8.56. The minimum atomic E-state index is -0.315. The van der Waals surface area contributed by atoms with Crippen LogP contribution >= 0.6 is 0 Å². The molecular weight excluding hydrogens is 117 g/mol. The fraction of sp³-hybridized carbons (Fsp3) is 1.00. The van der Waals surface area contributed by atoms with E-state index in [0.717, 1.165) is 0 Å². The molecule has 0 rings (SSSR count). The standard InChI is InChI=1S/C4H11NO.K/c1-4(6)5(2)3;/h4,6H,1-3H3;. The van der Waals surface area contributed by atoms with Crippen LogP contribution in [0.15, 0.2) is 0 Å². The van der Waals surface area contributed by atoms with E-state index in [0.29, 0.717) is 0 Å². The average Bonchev–Trinajstić information content (AvgIpc) is 1.36. The second kappa shape index (κ2) is 5.69. The van der Waals surface area contributed by atoms with Gasteiger partial charge in [0.05, 0.1) is 0 Å². The molecule has 0 aliphatic heterocycles. The summed E-state index contributed by atoms with van der Waals surface area (Å²) in [5, 5.41) is 8.56. The van der Waals surface area contributed by atoms with E-state index in [1.54, 1.807) is 11.8 Å². The first-order valence-electron chi connectivity index (χ1n) is 1.99. The van der Waals surface area contributed by atoms with Gasteiger partial charge in [0.25, 0.3) is 0 Å². The third kappa shape index (κ3) is 7.56. The molecule has 0 aromatic carbocycles. The van der Waals surface area contributed by atoms with E-state index in [2.05, 4.69) is 0 Å². The van der Waals surface area contributed by atoms with Crippen LogP contribution in [0.1, 0.15) is 6.92 Å². The van der Waals surface area contributed by atoms with Crippen molar-refractivity contribution in [3.05, 3.63) is 0 Å². The second-order valence-electron chi connectivity index (χ2n) is 1.60. The van der Waals surface area contributed by atoms with E-state index in [4.69, 9.17) is 5.11 Å². The second-order valence-corrected chi connectivity index (χ2v) is 1.60. The molecule has 0 spiro atoms. The molecule has 0 heterocycles. The molecule has 7 heavy (non-hydrogen) atoms. The number of nitrogens with zero attached hydrogens (tertiary/aromatic N) is 1. The van der Waals surface area contributed by atoms with Gasteiger partial charge in [-0.3, -0.25) is 4.90 Å². The first kappa shape index (κ1) is 11.4. The van der Waals surface area contributed by atoms with Gasteiger partial charge in [-0.25, -0.2) is 0 Å². The zero-order chi connectivity index (χ0) is 5.15. The normalized spacial score (nSPS) is 13.3. The molecule has 0 aromatic rings. The van der Waals surface area contributed by atoms with Crippen molar-refractivity contribution in [3.8, 4) is 0 Å². The Morgan fingerprint density at radius 2 is 1.57 bits per heavy atom. The predicted molar refractivity (Wildman–Crippen MR) is 31.1 cm³/mol. The molecular formula is C4H11KNO. The summed E-state index contributed by atoms with van der Waals surface area (Å²) in [6.07, 6.45) is -0.315. The quantitative estimate of drug-likeness (QED) is 0.380. The predicted octanol–water partition coefficient (Wildman–Crippen LogP) is -0.495. The summed E-state index contributed by atoms with van der Waals surface area (Å²) in [6, 6.07) is 0. The molecule has 0 fully saturated rings. The van der Waals surface area contributed by atoms with E-state index in [1.807, 2.05) is 14.1 Å². The van der Waals surface area contributed by atoms with E-state index >= 15 is 0 Å². The molecule has 0 amide bonds. The van der Waals surface area contributed by atoms with Crippen molar-refractivity contribution in [2.24, 2.45) is 0 Å². The fourth-order valence-corrected chi connectivity index (χ4v) is 0. The molecule has 0 saturated heterocycles. The van der Waals surface area contributed by atoms with Crippen molar-refractivity contribution < 1.29 is 5.11 Å². The van der Waals surface area contributed by atoms with Crippen LogP contribution in [0.3, 0.4) is 0 Å². The van der Waals surface area contributed by atoms with Crippen LogP contribution in [0.25, 0.3) is 0 Å². The minimum absolute atomic E-state index is 0. The summed E-state index contributed by atoms with van der Waals surface area (Å²) < 4.78 is 0. The van der Waals surface area contributed by atoms with Gasteiger partial charge in [0.1, 0.15) is 6.23 Å². The van der Waals surface area contributed by atoms with Crippen LogP contribution < -0.4 is 0 Å². The monoisotopic (exact) mass is 128 g/mol. The van der Waals surface area contributed by atoms with Gasteiger partial charge in [0.15, 0.2) is 0 Å². The summed E-state index contributed by atoms with van der Waals surface area (Å²) in [5.74, 6) is 0. The molecule has 1 unspecified atom stereocenters. The first-order chi connectivity index (χ1) is 2.64. The van der Waals surface area contributed by atoms with E-state index in [9.17, 15) is 0 Å². The summed E-state index contributed by atoms with van der Waals surface area (Å²) in [4.78, 5) is 1.72. The maximum absolute atomic E-state index is 8.56. The van der Waals surface area contributed by atoms with Gasteiger partial charge in [-0.2, -0.15) is 0 Å². The molecule has 0 aliphatic carbocycles. The van der Waals surface area contributed by atoms with E-state index < -0.39 is 0 Å². The van der Waals surface area contributed by atoms with Crippen LogP contribution in [0, 0.1) is 0 Å². The van der Waals surface area contributed by atoms with Crippen molar-refractivity contribution >= 4 is 51.4 Å². The van der Waals surface area contributed by atoms with Crippen LogP contribution in [0.4, 0.5) is 0 Å². The average molecular weight is 128 g/mol. The topological polar surface area (TPSA) is 23.5 Å². The van der Waals surface area contributed by atoms with Crippen molar-refractivity contribution in [1.82, 2.24) is 4.90 Å². The molecule has 1 atom stereocenters. The molecule has 1 N–H and O–H groups in total. The first-order valence-corrected chi connectivity index (χ1v) is 1.99. The Labute approximate surface area is 87.3 Å². The number of hydrogen-bond acceptors (Lipinski definition) is 2. The van der Waals surface area contributed by atoms with Gasteiger partial charge in [-0.15, -0.1) is 0 Å². The van der Waals surface area contributed by atoms with Crippen molar-refractivity contribution in [3.63, 3.8) is 0 Å². The Bertz CT molecular complexity index is 32.7. The Balaban J connectivity index is 0. The smallest absolute Gasteiger partial charge is 0.104 e. The molecule has 2 nitrogen and oxygen atoms in total. The third-order valence-electron chi connectivity index (χ3n) is 0.747. The van der Waals surface area contributed by atoms with Gasteiger partial charge in [0.2, 0.25) is 0 Å². The number of hydrogen-bond donors (Lipinski definition) is 1. The summed E-state index contributed by atoms with van der Waals surface area (Å²) in [6.45, 7) is 1.72. The molecule has 0 bridgehead atoms. The van der Waals surface area contributed by atoms with Crippen LogP contribution in [0.5, 0.6) is 0 Å². The van der Waals surface area contributed by atoms with Gasteiger partial charge < -0.3 is 5.11 Å². The summed E-state index contributed by atoms with van der Waals surface area (Å²) >= 11 is 0. The molecule has 0 saturated carbocycles. The van der Waals surface area contributed by atoms with Gasteiger partial charge in [-0.1, -0.05) is 0 Å². The van der Waals surface area contributed by atoms with E-state index in [-0.39, 0.29) is 57.6 Å². The number of rotatable bonds is 1. The summed E-state index contributed by atoms with van der Waals surface area (Å²) in [5.41, 5.74) is 0.